The third-order valence-electron chi connectivity index (χ3n) is 4.11. The van der Waals surface area contributed by atoms with Gasteiger partial charge in [-0.05, 0) is 54.4 Å². The van der Waals surface area contributed by atoms with Gasteiger partial charge >= 0.3 is 12.2 Å². The third-order valence-corrected chi connectivity index (χ3v) is 4.11. The first-order valence-electron chi connectivity index (χ1n) is 11.5. The van der Waals surface area contributed by atoms with Gasteiger partial charge in [0.25, 0.3) is 0 Å². The molecule has 1 heterocycles. The number of ether oxygens (including phenoxy) is 2. The van der Waals surface area contributed by atoms with E-state index in [1.807, 2.05) is 12.2 Å². The number of nitrogens with one attached hydrogen (secondary N) is 3. The van der Waals surface area contributed by atoms with E-state index in [0.717, 1.165) is 0 Å². The minimum atomic E-state index is -0.683. The molecule has 0 fully saturated rings. The minimum absolute atomic E-state index is 0.0964. The largest absolute Gasteiger partial charge is 0.444 e. The molecule has 1 aliphatic rings. The van der Waals surface area contributed by atoms with E-state index < -0.39 is 35.5 Å². The molecule has 0 saturated heterocycles. The monoisotopic (exact) mass is 494 g/mol. The van der Waals surface area contributed by atoms with Crippen molar-refractivity contribution >= 4 is 24.0 Å². The van der Waals surface area contributed by atoms with E-state index in [4.69, 9.17) is 9.47 Å². The van der Waals surface area contributed by atoms with Gasteiger partial charge in [0.15, 0.2) is 0 Å². The van der Waals surface area contributed by atoms with Gasteiger partial charge in [0.1, 0.15) is 23.3 Å². The van der Waals surface area contributed by atoms with Gasteiger partial charge in [0.05, 0.1) is 0 Å². The van der Waals surface area contributed by atoms with Crippen LogP contribution in [-0.4, -0.2) is 72.3 Å². The molecule has 0 aromatic carbocycles. The molecular formula is C25H42N4O6. The number of hydrogen-bond donors (Lipinski definition) is 3. The van der Waals surface area contributed by atoms with Crippen LogP contribution < -0.4 is 16.0 Å². The zero-order chi connectivity index (χ0) is 27.2. The first-order valence-corrected chi connectivity index (χ1v) is 11.5. The molecule has 4 amide bonds. The predicted molar refractivity (Wildman–Crippen MR) is 136 cm³/mol. The lowest BCUT2D eigenvalue weighted by atomic mass is 10.2. The van der Waals surface area contributed by atoms with Gasteiger partial charge in [0, 0.05) is 20.1 Å². The first-order chi connectivity index (χ1) is 16.1. The Labute approximate surface area is 209 Å². The Hall–Kier alpha value is -3.30. The van der Waals surface area contributed by atoms with E-state index in [2.05, 4.69) is 29.1 Å². The molecule has 198 valence electrons. The average Bonchev–Trinajstić information content (AvgIpc) is 2.85. The highest BCUT2D eigenvalue weighted by Gasteiger charge is 2.26. The van der Waals surface area contributed by atoms with Gasteiger partial charge in [-0.1, -0.05) is 24.3 Å². The maximum Gasteiger partial charge on any atom is 0.408 e. The van der Waals surface area contributed by atoms with Crippen LogP contribution in [0.5, 0.6) is 0 Å². The maximum absolute atomic E-state index is 11.9. The molecule has 0 spiro atoms. The lowest BCUT2D eigenvalue weighted by Crippen LogP contribution is -2.48. The Morgan fingerprint density at radius 3 is 2.14 bits per heavy atom. The SMILES string of the molecule is C=CCNC(=O)[C@H](CC=C)NC(=O)OC(C)(C)C.CN1CC=CC[C@H](NC(=O)OC(C)(C)C)C1=O. The summed E-state index contributed by atoms with van der Waals surface area (Å²) in [5.41, 5.74) is -1.15. The molecule has 2 atom stereocenters. The molecule has 10 nitrogen and oxygen atoms in total. The van der Waals surface area contributed by atoms with E-state index in [1.165, 1.54) is 0 Å². The normalized spacial score (nSPS) is 16.5. The Balaban J connectivity index is 0.000000661. The standard InChI is InChI=1S/C13H22N2O3.C12H20N2O3/c1-6-8-10(11(16)14-9-7-2)15-12(17)18-13(3,4)5;1-12(2,3)17-11(16)13-9-7-5-6-8-14(4)10(9)15/h6-7,10H,1-2,8-9H2,3-5H3,(H,14,16)(H,15,17);5-6,9H,7-8H2,1-4H3,(H,13,16)/t10-;9-/m00/s1. The molecular weight excluding hydrogens is 452 g/mol. The van der Waals surface area contributed by atoms with Gasteiger partial charge in [-0.2, -0.15) is 0 Å². The van der Waals surface area contributed by atoms with Crippen molar-refractivity contribution < 1.29 is 28.7 Å². The number of carbonyl (C=O) groups is 4. The number of rotatable bonds is 7. The van der Waals surface area contributed by atoms with Gasteiger partial charge < -0.3 is 30.3 Å². The van der Waals surface area contributed by atoms with Crippen LogP contribution in [0.15, 0.2) is 37.5 Å². The van der Waals surface area contributed by atoms with Crippen molar-refractivity contribution in [2.75, 3.05) is 20.1 Å². The van der Waals surface area contributed by atoms with Crippen LogP contribution in [0.3, 0.4) is 0 Å². The molecule has 0 radical (unpaired) electrons. The number of alkyl carbamates (subject to hydrolysis) is 2. The molecule has 1 rings (SSSR count). The number of nitrogens with zero attached hydrogens (tertiary/aromatic N) is 1. The highest BCUT2D eigenvalue weighted by atomic mass is 16.6. The minimum Gasteiger partial charge on any atom is -0.444 e. The molecule has 3 N–H and O–H groups in total. The van der Waals surface area contributed by atoms with Crippen LogP contribution in [0.4, 0.5) is 9.59 Å². The van der Waals surface area contributed by atoms with Crippen molar-refractivity contribution in [3.8, 4) is 0 Å². The van der Waals surface area contributed by atoms with Crippen LogP contribution in [0.25, 0.3) is 0 Å². The van der Waals surface area contributed by atoms with Crippen molar-refractivity contribution in [3.05, 3.63) is 37.5 Å². The zero-order valence-corrected chi connectivity index (χ0v) is 22.1. The molecule has 0 bridgehead atoms. The van der Waals surface area contributed by atoms with Crippen LogP contribution in [0.2, 0.25) is 0 Å². The van der Waals surface area contributed by atoms with Crippen LogP contribution in [0.1, 0.15) is 54.4 Å². The van der Waals surface area contributed by atoms with Gasteiger partial charge in [-0.25, -0.2) is 9.59 Å². The van der Waals surface area contributed by atoms with Gasteiger partial charge in [-0.3, -0.25) is 9.59 Å². The second-order valence-corrected chi connectivity index (χ2v) is 9.88. The first kappa shape index (κ1) is 31.7. The molecule has 0 unspecified atom stereocenters. The summed E-state index contributed by atoms with van der Waals surface area (Å²) in [6.07, 6.45) is 6.59. The highest BCUT2D eigenvalue weighted by Crippen LogP contribution is 2.10. The quantitative estimate of drug-likeness (QED) is 0.467. The lowest BCUT2D eigenvalue weighted by molar-refractivity contribution is -0.131. The van der Waals surface area contributed by atoms with E-state index in [1.54, 1.807) is 65.6 Å². The Kier molecular flexibility index (Phi) is 13.5. The predicted octanol–water partition coefficient (Wildman–Crippen LogP) is 3.06. The summed E-state index contributed by atoms with van der Waals surface area (Å²) in [5, 5.41) is 7.71. The summed E-state index contributed by atoms with van der Waals surface area (Å²) in [6, 6.07) is -1.22. The Morgan fingerprint density at radius 1 is 1.06 bits per heavy atom. The van der Waals surface area contributed by atoms with E-state index in [0.29, 0.717) is 25.9 Å². The maximum atomic E-state index is 11.9. The molecule has 35 heavy (non-hydrogen) atoms. The lowest BCUT2D eigenvalue weighted by Gasteiger charge is -2.24. The number of likely N-dealkylation sites (N-methyl/N-ethyl adjacent to an activating group) is 1. The summed E-state index contributed by atoms with van der Waals surface area (Å²) in [6.45, 7) is 18.6. The highest BCUT2D eigenvalue weighted by molar-refractivity contribution is 5.86. The summed E-state index contributed by atoms with van der Waals surface area (Å²) in [4.78, 5) is 48.3. The fourth-order valence-electron chi connectivity index (χ4n) is 2.64. The smallest absolute Gasteiger partial charge is 0.408 e. The summed E-state index contributed by atoms with van der Waals surface area (Å²) >= 11 is 0. The van der Waals surface area contributed by atoms with Gasteiger partial charge in [-0.15, -0.1) is 13.2 Å². The number of hydrogen-bond acceptors (Lipinski definition) is 6. The number of carbonyl (C=O) groups excluding carboxylic acids is 4. The van der Waals surface area contributed by atoms with Crippen molar-refractivity contribution in [2.45, 2.75) is 77.7 Å². The van der Waals surface area contributed by atoms with Crippen LogP contribution >= 0.6 is 0 Å². The second kappa shape index (κ2) is 14.9. The molecule has 1 aliphatic heterocycles. The molecule has 10 heteroatoms. The Morgan fingerprint density at radius 2 is 1.63 bits per heavy atom. The van der Waals surface area contributed by atoms with Crippen molar-refractivity contribution in [2.24, 2.45) is 0 Å². The van der Waals surface area contributed by atoms with E-state index >= 15 is 0 Å². The van der Waals surface area contributed by atoms with E-state index in [9.17, 15) is 19.2 Å². The molecule has 0 aliphatic carbocycles. The summed E-state index contributed by atoms with van der Waals surface area (Å²) in [7, 11) is 1.71. The van der Waals surface area contributed by atoms with Crippen LogP contribution in [0, 0.1) is 0 Å². The summed E-state index contributed by atoms with van der Waals surface area (Å²) in [5.74, 6) is -0.387. The fraction of sp³-hybridized carbons (Fsp3) is 0.600. The van der Waals surface area contributed by atoms with Crippen molar-refractivity contribution in [1.82, 2.24) is 20.9 Å². The zero-order valence-electron chi connectivity index (χ0n) is 22.1. The van der Waals surface area contributed by atoms with E-state index in [-0.39, 0.29) is 11.8 Å². The number of amides is 4. The summed E-state index contributed by atoms with van der Waals surface area (Å²) < 4.78 is 10.2. The molecule has 0 aromatic heterocycles. The fourth-order valence-corrected chi connectivity index (χ4v) is 2.64. The second-order valence-electron chi connectivity index (χ2n) is 9.88. The Bertz CT molecular complexity index is 780. The molecule has 0 aromatic rings. The topological polar surface area (TPSA) is 126 Å². The van der Waals surface area contributed by atoms with Crippen molar-refractivity contribution in [3.63, 3.8) is 0 Å². The van der Waals surface area contributed by atoms with Crippen LogP contribution in [-0.2, 0) is 19.1 Å². The third kappa shape index (κ3) is 15.3. The molecule has 0 saturated carbocycles. The van der Waals surface area contributed by atoms with Gasteiger partial charge in [0.2, 0.25) is 11.8 Å². The van der Waals surface area contributed by atoms with Crippen molar-refractivity contribution in [1.29, 1.82) is 0 Å². The average molecular weight is 495 g/mol.